The summed E-state index contributed by atoms with van der Waals surface area (Å²) in [6.07, 6.45) is 0.191. The van der Waals surface area contributed by atoms with E-state index in [2.05, 4.69) is 93.1 Å². The number of benzene rings is 3. The number of aryl methyl sites for hydroxylation is 1. The fraction of sp³-hybridized carbons (Fsp3) is 0.308. The molecular formula is C26H30N2OSi. The van der Waals surface area contributed by atoms with E-state index in [1.807, 2.05) is 6.07 Å². The Bertz CT molecular complexity index is 1180. The summed E-state index contributed by atoms with van der Waals surface area (Å²) in [4.78, 5) is 5.09. The van der Waals surface area contributed by atoms with Crippen LogP contribution in [0.3, 0.4) is 0 Å². The highest BCUT2D eigenvalue weighted by Gasteiger charge is 2.47. The molecule has 0 aromatic heterocycles. The molecule has 2 heterocycles. The molecule has 0 spiro atoms. The van der Waals surface area contributed by atoms with Gasteiger partial charge in [0.25, 0.3) is 0 Å². The summed E-state index contributed by atoms with van der Waals surface area (Å²) in [6.45, 7) is 14.0. The SMILES string of the molecule is COc1cccc(N2c3cccc4c3N(c3c(ccc(C)c3C)[Si]4(C)C)[C@@H]2C)c1C. The van der Waals surface area contributed by atoms with Crippen LogP contribution in [-0.4, -0.2) is 21.3 Å². The standard InChI is InChI=1S/C26H30N2OSi/c1-16-14-15-24-25(17(16)2)28-19(4)27(20-10-8-12-22(29-5)18(20)3)21-11-9-13-23(26(21)28)30(24,6)7/h8-15,19H,1-7H3/t19-/m1/s1. The van der Waals surface area contributed by atoms with Crippen molar-refractivity contribution in [2.24, 2.45) is 0 Å². The van der Waals surface area contributed by atoms with Crippen LogP contribution in [0.2, 0.25) is 13.1 Å². The molecule has 154 valence electrons. The zero-order valence-electron chi connectivity index (χ0n) is 19.0. The van der Waals surface area contributed by atoms with Crippen molar-refractivity contribution in [1.29, 1.82) is 0 Å². The first kappa shape index (κ1) is 19.3. The predicted molar refractivity (Wildman–Crippen MR) is 131 cm³/mol. The Morgan fingerprint density at radius 2 is 1.43 bits per heavy atom. The second-order valence-electron chi connectivity index (χ2n) is 9.18. The Kier molecular flexibility index (Phi) is 4.10. The second-order valence-corrected chi connectivity index (χ2v) is 13.5. The van der Waals surface area contributed by atoms with Crippen molar-refractivity contribution >= 4 is 41.2 Å². The van der Waals surface area contributed by atoms with E-state index in [1.165, 1.54) is 44.6 Å². The molecule has 0 amide bonds. The Morgan fingerprint density at radius 3 is 2.17 bits per heavy atom. The zero-order chi connectivity index (χ0) is 21.4. The summed E-state index contributed by atoms with van der Waals surface area (Å²) in [5, 5.41) is 3.08. The second kappa shape index (κ2) is 6.39. The van der Waals surface area contributed by atoms with E-state index in [-0.39, 0.29) is 6.17 Å². The van der Waals surface area contributed by atoms with Crippen LogP contribution in [-0.2, 0) is 0 Å². The van der Waals surface area contributed by atoms with Crippen molar-refractivity contribution in [2.45, 2.75) is 47.0 Å². The van der Waals surface area contributed by atoms with E-state index in [0.29, 0.717) is 0 Å². The molecule has 0 fully saturated rings. The van der Waals surface area contributed by atoms with E-state index in [0.717, 1.165) is 5.75 Å². The van der Waals surface area contributed by atoms with Gasteiger partial charge in [-0.25, -0.2) is 0 Å². The van der Waals surface area contributed by atoms with Crippen LogP contribution in [0, 0.1) is 20.8 Å². The number of anilines is 4. The minimum atomic E-state index is -1.80. The van der Waals surface area contributed by atoms with Gasteiger partial charge in [0.15, 0.2) is 0 Å². The Labute approximate surface area is 180 Å². The van der Waals surface area contributed by atoms with E-state index < -0.39 is 8.07 Å². The predicted octanol–water partition coefficient (Wildman–Crippen LogP) is 5.39. The van der Waals surface area contributed by atoms with Gasteiger partial charge >= 0.3 is 0 Å². The third-order valence-corrected chi connectivity index (χ3v) is 10.8. The van der Waals surface area contributed by atoms with Gasteiger partial charge in [-0.05, 0) is 67.4 Å². The van der Waals surface area contributed by atoms with Gasteiger partial charge in [0.05, 0.1) is 18.5 Å². The highest BCUT2D eigenvalue weighted by Crippen LogP contribution is 2.51. The highest BCUT2D eigenvalue weighted by molar-refractivity contribution is 7.03. The number of rotatable bonds is 2. The van der Waals surface area contributed by atoms with Crippen molar-refractivity contribution in [2.75, 3.05) is 16.9 Å². The molecule has 4 heteroatoms. The molecule has 2 aliphatic heterocycles. The molecule has 30 heavy (non-hydrogen) atoms. The molecule has 0 N–H and O–H groups in total. The van der Waals surface area contributed by atoms with Crippen molar-refractivity contribution in [3.63, 3.8) is 0 Å². The van der Waals surface area contributed by atoms with Crippen LogP contribution in [0.15, 0.2) is 48.5 Å². The van der Waals surface area contributed by atoms with Gasteiger partial charge in [-0.2, -0.15) is 0 Å². The summed E-state index contributed by atoms with van der Waals surface area (Å²) in [6, 6.07) is 18.0. The molecule has 0 radical (unpaired) electrons. The van der Waals surface area contributed by atoms with Crippen molar-refractivity contribution in [3.05, 3.63) is 65.2 Å². The molecule has 0 saturated carbocycles. The molecule has 3 aromatic carbocycles. The molecule has 0 aliphatic carbocycles. The maximum Gasteiger partial charge on any atom is 0.123 e. The van der Waals surface area contributed by atoms with Crippen LogP contribution in [0.25, 0.3) is 0 Å². The van der Waals surface area contributed by atoms with Gasteiger partial charge in [-0.3, -0.25) is 0 Å². The van der Waals surface area contributed by atoms with Crippen molar-refractivity contribution in [3.8, 4) is 5.75 Å². The fourth-order valence-electron chi connectivity index (χ4n) is 5.46. The molecular weight excluding hydrogens is 384 g/mol. The summed E-state index contributed by atoms with van der Waals surface area (Å²) < 4.78 is 5.65. The number of nitrogens with zero attached hydrogens (tertiary/aromatic N) is 2. The first-order chi connectivity index (χ1) is 14.3. The number of hydrogen-bond acceptors (Lipinski definition) is 3. The number of hydrogen-bond donors (Lipinski definition) is 0. The average Bonchev–Trinajstić information content (AvgIpc) is 3.01. The van der Waals surface area contributed by atoms with E-state index >= 15 is 0 Å². The smallest absolute Gasteiger partial charge is 0.123 e. The van der Waals surface area contributed by atoms with Crippen LogP contribution in [0.1, 0.15) is 23.6 Å². The molecule has 3 aromatic rings. The molecule has 0 saturated heterocycles. The third kappa shape index (κ3) is 2.31. The number of methoxy groups -OCH3 is 1. The largest absolute Gasteiger partial charge is 0.496 e. The molecule has 0 bridgehead atoms. The molecule has 1 atom stereocenters. The lowest BCUT2D eigenvalue weighted by molar-refractivity contribution is 0.411. The molecule has 3 nitrogen and oxygen atoms in total. The van der Waals surface area contributed by atoms with E-state index in [1.54, 1.807) is 12.3 Å². The Hall–Kier alpha value is -2.72. The lowest BCUT2D eigenvalue weighted by atomic mass is 10.1. The molecule has 5 rings (SSSR count). The maximum absolute atomic E-state index is 5.65. The van der Waals surface area contributed by atoms with Crippen LogP contribution in [0.5, 0.6) is 5.75 Å². The zero-order valence-corrected chi connectivity index (χ0v) is 20.0. The molecule has 0 unspecified atom stereocenters. The average molecular weight is 415 g/mol. The van der Waals surface area contributed by atoms with Gasteiger partial charge in [0, 0.05) is 16.9 Å². The van der Waals surface area contributed by atoms with Crippen LogP contribution < -0.4 is 24.9 Å². The first-order valence-electron chi connectivity index (χ1n) is 10.7. The minimum absolute atomic E-state index is 0.191. The van der Waals surface area contributed by atoms with Gasteiger partial charge in [-0.1, -0.05) is 43.4 Å². The number of ether oxygens (including phenoxy) is 1. The summed E-state index contributed by atoms with van der Waals surface area (Å²) in [7, 11) is -0.0513. The third-order valence-electron chi connectivity index (χ3n) is 7.29. The first-order valence-corrected chi connectivity index (χ1v) is 13.7. The van der Waals surface area contributed by atoms with Crippen LogP contribution in [0.4, 0.5) is 22.7 Å². The minimum Gasteiger partial charge on any atom is -0.496 e. The van der Waals surface area contributed by atoms with Gasteiger partial charge in [0.2, 0.25) is 0 Å². The highest BCUT2D eigenvalue weighted by atomic mass is 28.3. The fourth-order valence-corrected chi connectivity index (χ4v) is 8.51. The monoisotopic (exact) mass is 414 g/mol. The topological polar surface area (TPSA) is 15.7 Å². The number of fused-ring (bicyclic) bond motifs is 2. The van der Waals surface area contributed by atoms with E-state index in [9.17, 15) is 0 Å². The Balaban J connectivity index is 1.83. The maximum atomic E-state index is 5.65. The lowest BCUT2D eigenvalue weighted by Gasteiger charge is -2.41. The summed E-state index contributed by atoms with van der Waals surface area (Å²) in [5.41, 5.74) is 9.32. The summed E-state index contributed by atoms with van der Waals surface area (Å²) >= 11 is 0. The van der Waals surface area contributed by atoms with E-state index in [4.69, 9.17) is 4.74 Å². The number of para-hydroxylation sites is 1. The quantitative estimate of drug-likeness (QED) is 0.523. The van der Waals surface area contributed by atoms with Gasteiger partial charge < -0.3 is 14.5 Å². The van der Waals surface area contributed by atoms with Crippen molar-refractivity contribution in [1.82, 2.24) is 0 Å². The Morgan fingerprint density at radius 1 is 0.767 bits per heavy atom. The normalized spacial score (nSPS) is 18.3. The van der Waals surface area contributed by atoms with Crippen molar-refractivity contribution < 1.29 is 4.74 Å². The summed E-state index contributed by atoms with van der Waals surface area (Å²) in [5.74, 6) is 0.938. The van der Waals surface area contributed by atoms with Gasteiger partial charge in [-0.15, -0.1) is 0 Å². The lowest BCUT2D eigenvalue weighted by Crippen LogP contribution is -2.59. The molecule has 2 aliphatic rings. The van der Waals surface area contributed by atoms with Crippen LogP contribution >= 0.6 is 0 Å². The van der Waals surface area contributed by atoms with Gasteiger partial charge in [0.1, 0.15) is 20.0 Å².